The molecule has 0 aliphatic heterocycles. The summed E-state index contributed by atoms with van der Waals surface area (Å²) in [4.78, 5) is 8.61. The number of ether oxygens (including phenoxy) is 1. The molecule has 0 aliphatic carbocycles. The molecule has 0 unspecified atom stereocenters. The van der Waals surface area contributed by atoms with Gasteiger partial charge >= 0.3 is 0 Å². The van der Waals surface area contributed by atoms with Crippen molar-refractivity contribution >= 4 is 5.96 Å². The van der Waals surface area contributed by atoms with E-state index in [9.17, 15) is 0 Å². The van der Waals surface area contributed by atoms with Crippen molar-refractivity contribution in [3.63, 3.8) is 0 Å². The summed E-state index contributed by atoms with van der Waals surface area (Å²) in [7, 11) is 1.68. The van der Waals surface area contributed by atoms with Crippen LogP contribution in [0.25, 0.3) is 0 Å². The Kier molecular flexibility index (Phi) is 7.57. The Labute approximate surface area is 113 Å². The topological polar surface area (TPSA) is 84.6 Å². The Bertz CT molecular complexity index is 378. The molecule has 1 heterocycles. The molecule has 7 heteroatoms. The van der Waals surface area contributed by atoms with Crippen LogP contribution in [0.3, 0.4) is 0 Å². The SMILES string of the molecule is CCNC(=NCCCc1nc(C)no1)NCCOC. The molecule has 0 atom stereocenters. The first kappa shape index (κ1) is 15.4. The molecule has 0 saturated heterocycles. The molecular formula is C12H23N5O2. The number of aliphatic imine (C=N–C) groups is 1. The molecule has 0 amide bonds. The number of aromatic nitrogens is 2. The van der Waals surface area contributed by atoms with Gasteiger partial charge in [0.15, 0.2) is 11.8 Å². The highest BCUT2D eigenvalue weighted by Crippen LogP contribution is 1.99. The van der Waals surface area contributed by atoms with Crippen molar-refractivity contribution < 1.29 is 9.26 Å². The van der Waals surface area contributed by atoms with Crippen LogP contribution in [0, 0.1) is 6.92 Å². The molecule has 0 aliphatic rings. The number of nitrogens with one attached hydrogen (secondary N) is 2. The smallest absolute Gasteiger partial charge is 0.226 e. The Morgan fingerprint density at radius 1 is 1.42 bits per heavy atom. The Balaban J connectivity index is 2.25. The van der Waals surface area contributed by atoms with Crippen molar-refractivity contribution in [1.82, 2.24) is 20.8 Å². The molecule has 1 aromatic rings. The van der Waals surface area contributed by atoms with E-state index in [0.717, 1.165) is 31.9 Å². The van der Waals surface area contributed by atoms with E-state index >= 15 is 0 Å². The van der Waals surface area contributed by atoms with E-state index in [-0.39, 0.29) is 0 Å². The molecule has 7 nitrogen and oxygen atoms in total. The Hall–Kier alpha value is -1.63. The standard InChI is InChI=1S/C12H23N5O2/c1-4-13-12(15-8-9-18-3)14-7-5-6-11-16-10(2)17-19-11/h4-9H2,1-3H3,(H2,13,14,15). The summed E-state index contributed by atoms with van der Waals surface area (Å²) in [5.41, 5.74) is 0. The van der Waals surface area contributed by atoms with Crippen LogP contribution in [0.5, 0.6) is 0 Å². The second-order valence-electron chi connectivity index (χ2n) is 4.02. The van der Waals surface area contributed by atoms with Crippen LogP contribution in [0.15, 0.2) is 9.52 Å². The van der Waals surface area contributed by atoms with Gasteiger partial charge in [-0.2, -0.15) is 4.98 Å². The second kappa shape index (κ2) is 9.32. The van der Waals surface area contributed by atoms with E-state index in [2.05, 4.69) is 25.8 Å². The lowest BCUT2D eigenvalue weighted by molar-refractivity contribution is 0.203. The fourth-order valence-electron chi connectivity index (χ4n) is 1.48. The first-order chi connectivity index (χ1) is 9.26. The van der Waals surface area contributed by atoms with Crippen molar-refractivity contribution in [3.8, 4) is 0 Å². The van der Waals surface area contributed by atoms with Crippen molar-refractivity contribution in [1.29, 1.82) is 0 Å². The highest BCUT2D eigenvalue weighted by atomic mass is 16.5. The van der Waals surface area contributed by atoms with E-state index in [1.54, 1.807) is 7.11 Å². The number of aryl methyl sites for hydroxylation is 2. The van der Waals surface area contributed by atoms with E-state index in [4.69, 9.17) is 9.26 Å². The summed E-state index contributed by atoms with van der Waals surface area (Å²) >= 11 is 0. The molecule has 0 aromatic carbocycles. The predicted molar refractivity (Wildman–Crippen MR) is 73.2 cm³/mol. The number of nitrogens with zero attached hydrogens (tertiary/aromatic N) is 3. The molecule has 2 N–H and O–H groups in total. The Morgan fingerprint density at radius 2 is 2.26 bits per heavy atom. The third kappa shape index (κ3) is 6.76. The lowest BCUT2D eigenvalue weighted by Gasteiger charge is -2.10. The zero-order valence-corrected chi connectivity index (χ0v) is 11.9. The molecule has 1 aromatic heterocycles. The zero-order valence-electron chi connectivity index (χ0n) is 11.9. The van der Waals surface area contributed by atoms with Crippen molar-refractivity contribution in [2.75, 3.05) is 33.4 Å². The third-order valence-electron chi connectivity index (χ3n) is 2.33. The lowest BCUT2D eigenvalue weighted by Crippen LogP contribution is -2.39. The highest BCUT2D eigenvalue weighted by molar-refractivity contribution is 5.79. The van der Waals surface area contributed by atoms with Gasteiger partial charge in [-0.3, -0.25) is 4.99 Å². The van der Waals surface area contributed by atoms with Gasteiger partial charge in [-0.1, -0.05) is 5.16 Å². The summed E-state index contributed by atoms with van der Waals surface area (Å²) in [6.07, 6.45) is 1.63. The summed E-state index contributed by atoms with van der Waals surface area (Å²) in [5, 5.41) is 10.1. The van der Waals surface area contributed by atoms with E-state index < -0.39 is 0 Å². The van der Waals surface area contributed by atoms with Crippen LogP contribution in [-0.4, -0.2) is 49.5 Å². The maximum absolute atomic E-state index is 5.04. The van der Waals surface area contributed by atoms with Crippen LogP contribution in [0.2, 0.25) is 0 Å². The molecule has 1 rings (SSSR count). The largest absolute Gasteiger partial charge is 0.383 e. The monoisotopic (exact) mass is 269 g/mol. The van der Waals surface area contributed by atoms with E-state index in [0.29, 0.717) is 24.9 Å². The van der Waals surface area contributed by atoms with Gasteiger partial charge in [0.1, 0.15) is 0 Å². The van der Waals surface area contributed by atoms with Crippen LogP contribution in [0.4, 0.5) is 0 Å². The van der Waals surface area contributed by atoms with Crippen LogP contribution < -0.4 is 10.6 Å². The van der Waals surface area contributed by atoms with Gasteiger partial charge in [-0.25, -0.2) is 0 Å². The third-order valence-corrected chi connectivity index (χ3v) is 2.33. The average molecular weight is 269 g/mol. The number of hydrogen-bond acceptors (Lipinski definition) is 5. The minimum absolute atomic E-state index is 0.658. The van der Waals surface area contributed by atoms with Crippen molar-refractivity contribution in [2.24, 2.45) is 4.99 Å². The highest BCUT2D eigenvalue weighted by Gasteiger charge is 2.02. The molecule has 108 valence electrons. The lowest BCUT2D eigenvalue weighted by atomic mass is 10.3. The van der Waals surface area contributed by atoms with Crippen LogP contribution >= 0.6 is 0 Å². The molecule has 0 bridgehead atoms. The van der Waals surface area contributed by atoms with Gasteiger partial charge in [0, 0.05) is 33.2 Å². The summed E-state index contributed by atoms with van der Waals surface area (Å²) in [6.45, 7) is 6.80. The first-order valence-electron chi connectivity index (χ1n) is 6.56. The van der Waals surface area contributed by atoms with Gasteiger partial charge in [0.25, 0.3) is 0 Å². The van der Waals surface area contributed by atoms with Gasteiger partial charge in [-0.15, -0.1) is 0 Å². The maximum Gasteiger partial charge on any atom is 0.226 e. The van der Waals surface area contributed by atoms with Crippen LogP contribution in [0.1, 0.15) is 25.1 Å². The molecular weight excluding hydrogens is 246 g/mol. The van der Waals surface area contributed by atoms with Gasteiger partial charge in [-0.05, 0) is 20.3 Å². The van der Waals surface area contributed by atoms with Crippen molar-refractivity contribution in [2.45, 2.75) is 26.7 Å². The molecule has 19 heavy (non-hydrogen) atoms. The molecule has 0 spiro atoms. The normalized spacial score (nSPS) is 11.6. The average Bonchev–Trinajstić information content (AvgIpc) is 2.80. The molecule has 0 fully saturated rings. The number of rotatable bonds is 8. The van der Waals surface area contributed by atoms with Crippen molar-refractivity contribution in [3.05, 3.63) is 11.7 Å². The summed E-state index contributed by atoms with van der Waals surface area (Å²) in [6, 6.07) is 0. The number of hydrogen-bond donors (Lipinski definition) is 2. The first-order valence-corrected chi connectivity index (χ1v) is 6.56. The van der Waals surface area contributed by atoms with Gasteiger partial charge < -0.3 is 19.9 Å². The van der Waals surface area contributed by atoms with Gasteiger partial charge in [0.05, 0.1) is 6.61 Å². The van der Waals surface area contributed by atoms with E-state index in [1.165, 1.54) is 0 Å². The zero-order chi connectivity index (χ0) is 13.9. The fraction of sp³-hybridized carbons (Fsp3) is 0.750. The fourth-order valence-corrected chi connectivity index (χ4v) is 1.48. The number of methoxy groups -OCH3 is 1. The molecule has 0 saturated carbocycles. The predicted octanol–water partition coefficient (Wildman–Crippen LogP) is 0.512. The maximum atomic E-state index is 5.04. The summed E-state index contributed by atoms with van der Waals surface area (Å²) < 4.78 is 10.0. The van der Waals surface area contributed by atoms with Crippen LogP contribution in [-0.2, 0) is 11.2 Å². The van der Waals surface area contributed by atoms with E-state index in [1.807, 2.05) is 13.8 Å². The second-order valence-corrected chi connectivity index (χ2v) is 4.02. The van der Waals surface area contributed by atoms with Gasteiger partial charge in [0.2, 0.25) is 5.89 Å². The summed E-state index contributed by atoms with van der Waals surface area (Å²) in [5.74, 6) is 2.15. The quantitative estimate of drug-likeness (QED) is 0.406. The Morgan fingerprint density at radius 3 is 2.89 bits per heavy atom. The number of guanidine groups is 1. The molecule has 0 radical (unpaired) electrons. The minimum atomic E-state index is 0.658. The minimum Gasteiger partial charge on any atom is -0.383 e.